The maximum Gasteiger partial charge on any atom is 0.274 e. The molecule has 2 N–H and O–H groups in total. The van der Waals surface area contributed by atoms with Crippen molar-refractivity contribution in [3.63, 3.8) is 0 Å². The summed E-state index contributed by atoms with van der Waals surface area (Å²) in [5.41, 5.74) is 4.23. The first-order valence-electron chi connectivity index (χ1n) is 7.28. The van der Waals surface area contributed by atoms with Crippen molar-refractivity contribution in [3.8, 4) is 5.75 Å². The van der Waals surface area contributed by atoms with Crippen LogP contribution in [0.1, 0.15) is 22.3 Å². The number of fused-ring (bicyclic) bond motifs is 1. The summed E-state index contributed by atoms with van der Waals surface area (Å²) in [6.07, 6.45) is 0.907. The van der Waals surface area contributed by atoms with Gasteiger partial charge in [0.05, 0.1) is 6.61 Å². The zero-order valence-corrected chi connectivity index (χ0v) is 12.2. The summed E-state index contributed by atoms with van der Waals surface area (Å²) in [6, 6.07) is 15.5. The molecule has 0 aliphatic carbocycles. The third-order valence-corrected chi connectivity index (χ3v) is 3.74. The summed E-state index contributed by atoms with van der Waals surface area (Å²) >= 11 is 0. The van der Waals surface area contributed by atoms with Crippen molar-refractivity contribution in [2.75, 3.05) is 18.1 Å². The van der Waals surface area contributed by atoms with E-state index < -0.39 is 5.91 Å². The van der Waals surface area contributed by atoms with Gasteiger partial charge in [0.15, 0.2) is 0 Å². The van der Waals surface area contributed by atoms with Gasteiger partial charge in [0, 0.05) is 29.9 Å². The molecule has 114 valence electrons. The van der Waals surface area contributed by atoms with Gasteiger partial charge in [-0.25, -0.2) is 5.48 Å². The maximum atomic E-state index is 11.5. The van der Waals surface area contributed by atoms with Gasteiger partial charge in [0.25, 0.3) is 5.91 Å². The van der Waals surface area contributed by atoms with Crippen LogP contribution in [0.25, 0.3) is 0 Å². The minimum Gasteiger partial charge on any atom is -0.493 e. The molecule has 0 radical (unpaired) electrons. The fourth-order valence-electron chi connectivity index (χ4n) is 2.61. The molecule has 2 aromatic rings. The number of para-hydroxylation sites is 1. The molecule has 1 heterocycles. The van der Waals surface area contributed by atoms with Crippen LogP contribution >= 0.6 is 0 Å². The van der Waals surface area contributed by atoms with Crippen LogP contribution in [-0.2, 0) is 6.54 Å². The van der Waals surface area contributed by atoms with E-state index in [1.807, 2.05) is 24.3 Å². The van der Waals surface area contributed by atoms with Crippen molar-refractivity contribution in [3.05, 3.63) is 59.7 Å². The lowest BCUT2D eigenvalue weighted by Crippen LogP contribution is -2.27. The molecule has 0 unspecified atom stereocenters. The number of carbonyl (C=O) groups is 1. The van der Waals surface area contributed by atoms with Gasteiger partial charge >= 0.3 is 0 Å². The molecule has 3 rings (SSSR count). The van der Waals surface area contributed by atoms with Crippen LogP contribution < -0.4 is 15.1 Å². The Hall–Kier alpha value is -2.53. The van der Waals surface area contributed by atoms with E-state index in [1.165, 1.54) is 5.69 Å². The Morgan fingerprint density at radius 3 is 2.77 bits per heavy atom. The minimum atomic E-state index is -0.534. The zero-order chi connectivity index (χ0) is 15.4. The SMILES string of the molecule is O=C(NO)c1ccc2c(c1)OCCCN(c1ccccc1)C2. The molecule has 5 heteroatoms. The molecule has 2 aromatic carbocycles. The van der Waals surface area contributed by atoms with Crippen molar-refractivity contribution in [1.82, 2.24) is 5.48 Å². The largest absolute Gasteiger partial charge is 0.493 e. The molecule has 0 bridgehead atoms. The molecular weight excluding hydrogens is 280 g/mol. The van der Waals surface area contributed by atoms with E-state index in [9.17, 15) is 4.79 Å². The van der Waals surface area contributed by atoms with E-state index in [1.54, 1.807) is 17.6 Å². The second kappa shape index (κ2) is 6.49. The normalized spacial score (nSPS) is 14.3. The average Bonchev–Trinajstić information content (AvgIpc) is 2.55. The van der Waals surface area contributed by atoms with Crippen LogP contribution in [0, 0.1) is 0 Å². The quantitative estimate of drug-likeness (QED) is 0.661. The van der Waals surface area contributed by atoms with Crippen molar-refractivity contribution in [2.24, 2.45) is 0 Å². The van der Waals surface area contributed by atoms with Crippen molar-refractivity contribution < 1.29 is 14.7 Å². The summed E-state index contributed by atoms with van der Waals surface area (Å²) in [5, 5.41) is 8.73. The third kappa shape index (κ3) is 3.04. The second-order valence-corrected chi connectivity index (χ2v) is 5.22. The molecule has 1 aliphatic rings. The Kier molecular flexibility index (Phi) is 4.25. The molecule has 0 saturated carbocycles. The number of rotatable bonds is 2. The van der Waals surface area contributed by atoms with Crippen LogP contribution in [0.4, 0.5) is 5.69 Å². The van der Waals surface area contributed by atoms with Crippen molar-refractivity contribution in [2.45, 2.75) is 13.0 Å². The van der Waals surface area contributed by atoms with E-state index in [0.717, 1.165) is 25.1 Å². The molecule has 5 nitrogen and oxygen atoms in total. The monoisotopic (exact) mass is 298 g/mol. The Labute approximate surface area is 129 Å². The zero-order valence-electron chi connectivity index (χ0n) is 12.2. The van der Waals surface area contributed by atoms with Gasteiger partial charge in [-0.2, -0.15) is 0 Å². The molecule has 0 spiro atoms. The van der Waals surface area contributed by atoms with Gasteiger partial charge in [0.1, 0.15) is 5.75 Å². The Morgan fingerprint density at radius 1 is 1.18 bits per heavy atom. The fourth-order valence-corrected chi connectivity index (χ4v) is 2.61. The van der Waals surface area contributed by atoms with Crippen molar-refractivity contribution >= 4 is 11.6 Å². The van der Waals surface area contributed by atoms with Crippen molar-refractivity contribution in [1.29, 1.82) is 0 Å². The minimum absolute atomic E-state index is 0.382. The van der Waals surface area contributed by atoms with Crippen LogP contribution in [0.2, 0.25) is 0 Å². The van der Waals surface area contributed by atoms with E-state index in [0.29, 0.717) is 17.9 Å². The Balaban J connectivity index is 1.90. The van der Waals surface area contributed by atoms with Gasteiger partial charge < -0.3 is 9.64 Å². The highest BCUT2D eigenvalue weighted by Gasteiger charge is 2.16. The summed E-state index contributed by atoms with van der Waals surface area (Å²) in [7, 11) is 0. The molecular formula is C17H18N2O3. The molecule has 0 aromatic heterocycles. The van der Waals surface area contributed by atoms with Gasteiger partial charge in [-0.3, -0.25) is 10.0 Å². The number of ether oxygens (including phenoxy) is 1. The number of anilines is 1. The number of hydrogen-bond donors (Lipinski definition) is 2. The maximum absolute atomic E-state index is 11.5. The van der Waals surface area contributed by atoms with Crippen LogP contribution in [0.15, 0.2) is 48.5 Å². The topological polar surface area (TPSA) is 61.8 Å². The summed E-state index contributed by atoms with van der Waals surface area (Å²) in [6.45, 7) is 2.24. The highest BCUT2D eigenvalue weighted by molar-refractivity contribution is 5.93. The van der Waals surface area contributed by atoms with Gasteiger partial charge in [0.2, 0.25) is 0 Å². The highest BCUT2D eigenvalue weighted by Crippen LogP contribution is 2.27. The highest BCUT2D eigenvalue weighted by atomic mass is 16.5. The third-order valence-electron chi connectivity index (χ3n) is 3.74. The average molecular weight is 298 g/mol. The van der Waals surface area contributed by atoms with Gasteiger partial charge in [-0.15, -0.1) is 0 Å². The van der Waals surface area contributed by atoms with E-state index in [4.69, 9.17) is 9.94 Å². The lowest BCUT2D eigenvalue weighted by molar-refractivity contribution is 0.0706. The van der Waals surface area contributed by atoms with Gasteiger partial charge in [-0.05, 0) is 30.7 Å². The number of amides is 1. The Morgan fingerprint density at radius 2 is 2.00 bits per heavy atom. The van der Waals surface area contributed by atoms with E-state index >= 15 is 0 Å². The molecule has 22 heavy (non-hydrogen) atoms. The molecule has 1 amide bonds. The molecule has 1 aliphatic heterocycles. The molecule has 0 atom stereocenters. The predicted octanol–water partition coefficient (Wildman–Crippen LogP) is 2.59. The number of benzene rings is 2. The first-order chi connectivity index (χ1) is 10.8. The van der Waals surface area contributed by atoms with Gasteiger partial charge in [-0.1, -0.05) is 24.3 Å². The summed E-state index contributed by atoms with van der Waals surface area (Å²) < 4.78 is 5.76. The lowest BCUT2D eigenvalue weighted by atomic mass is 10.1. The van der Waals surface area contributed by atoms with E-state index in [2.05, 4.69) is 17.0 Å². The second-order valence-electron chi connectivity index (χ2n) is 5.22. The summed E-state index contributed by atoms with van der Waals surface area (Å²) in [4.78, 5) is 13.8. The lowest BCUT2D eigenvalue weighted by Gasteiger charge is -2.28. The Bertz CT molecular complexity index is 658. The smallest absolute Gasteiger partial charge is 0.274 e. The number of hydroxylamine groups is 1. The molecule has 0 saturated heterocycles. The van der Waals surface area contributed by atoms with E-state index in [-0.39, 0.29) is 0 Å². The number of nitrogens with one attached hydrogen (secondary N) is 1. The molecule has 0 fully saturated rings. The standard InChI is InChI=1S/C17H18N2O3/c20-17(18-21)13-7-8-14-12-19(15-5-2-1-3-6-15)9-4-10-22-16(14)11-13/h1-3,5-8,11,21H,4,9-10,12H2,(H,18,20). The first-order valence-corrected chi connectivity index (χ1v) is 7.28. The first kappa shape index (κ1) is 14.4. The van der Waals surface area contributed by atoms with Crippen LogP contribution in [0.5, 0.6) is 5.75 Å². The number of carbonyl (C=O) groups excluding carboxylic acids is 1. The number of hydrogen-bond acceptors (Lipinski definition) is 4. The van der Waals surface area contributed by atoms with Crippen LogP contribution in [-0.4, -0.2) is 24.3 Å². The fraction of sp³-hybridized carbons (Fsp3) is 0.235. The van der Waals surface area contributed by atoms with Crippen LogP contribution in [0.3, 0.4) is 0 Å². The summed E-state index contributed by atoms with van der Waals surface area (Å²) in [5.74, 6) is 0.162. The number of nitrogens with zero attached hydrogens (tertiary/aromatic N) is 1. The predicted molar refractivity (Wildman–Crippen MR) is 83.3 cm³/mol.